The van der Waals surface area contributed by atoms with Crippen molar-refractivity contribution in [2.24, 2.45) is 0 Å². The number of nitrogens with zero attached hydrogens (tertiary/aromatic N) is 6. The van der Waals surface area contributed by atoms with Crippen LogP contribution in [0.25, 0.3) is 0 Å². The molecule has 0 aliphatic heterocycles. The van der Waals surface area contributed by atoms with Crippen LogP contribution in [-0.2, 0) is 13.1 Å². The van der Waals surface area contributed by atoms with Gasteiger partial charge in [-0.15, -0.1) is 0 Å². The normalized spacial score (nSPS) is 11.2. The van der Waals surface area contributed by atoms with E-state index in [0.717, 1.165) is 17.3 Å². The van der Waals surface area contributed by atoms with E-state index in [9.17, 15) is 26.3 Å². The summed E-state index contributed by atoms with van der Waals surface area (Å²) < 4.78 is 82.9. The summed E-state index contributed by atoms with van der Waals surface area (Å²) in [7, 11) is 0. The van der Waals surface area contributed by atoms with Crippen molar-refractivity contribution in [2.75, 3.05) is 23.8 Å². The van der Waals surface area contributed by atoms with Crippen molar-refractivity contribution in [3.63, 3.8) is 0 Å². The van der Waals surface area contributed by atoms with Gasteiger partial charge in [0.25, 0.3) is 0 Å². The Balaban J connectivity index is 0.000000259. The lowest BCUT2D eigenvalue weighted by Crippen LogP contribution is -2.20. The molecule has 0 amide bonds. The average Bonchev–Trinajstić information content (AvgIpc) is 3.51. The van der Waals surface area contributed by atoms with Crippen molar-refractivity contribution in [3.05, 3.63) is 63.2 Å². The molecule has 236 valence electrons. The number of halogens is 9. The van der Waals surface area contributed by atoms with E-state index in [1.54, 1.807) is 19.1 Å². The Morgan fingerprint density at radius 1 is 0.698 bits per heavy atom. The fraction of sp³-hybridized carbons (Fsp3) is 0.364. The minimum absolute atomic E-state index is 0.0128. The van der Waals surface area contributed by atoms with Crippen LogP contribution in [0.1, 0.15) is 23.0 Å². The summed E-state index contributed by atoms with van der Waals surface area (Å²) >= 11 is 16.9. The van der Waals surface area contributed by atoms with E-state index in [0.29, 0.717) is 18.3 Å². The predicted octanol–water partition coefficient (Wildman–Crippen LogP) is 6.21. The van der Waals surface area contributed by atoms with Crippen molar-refractivity contribution in [1.29, 1.82) is 0 Å². The van der Waals surface area contributed by atoms with Crippen molar-refractivity contribution < 1.29 is 45.0 Å². The summed E-state index contributed by atoms with van der Waals surface area (Å²) in [5.74, 6) is 3.28. The third-order valence-corrected chi connectivity index (χ3v) is 4.65. The molecule has 0 fully saturated rings. The molecule has 21 heteroatoms. The second-order valence-corrected chi connectivity index (χ2v) is 8.83. The molecule has 12 nitrogen and oxygen atoms in total. The fourth-order valence-corrected chi connectivity index (χ4v) is 3.04. The monoisotopic (exact) mass is 680 g/mol. The first-order chi connectivity index (χ1) is 20.0. The second kappa shape index (κ2) is 16.3. The summed E-state index contributed by atoms with van der Waals surface area (Å²) in [6.45, 7) is 1.13. The third-order valence-electron chi connectivity index (χ3n) is 4.15. The zero-order chi connectivity index (χ0) is 32.2. The highest BCUT2D eigenvalue weighted by molar-refractivity contribution is 6.31. The summed E-state index contributed by atoms with van der Waals surface area (Å²) in [6.07, 6.45) is -8.89. The van der Waals surface area contributed by atoms with E-state index >= 15 is 0 Å². The molecular formula is C22H21Cl3F6N8O4. The number of hydrogen-bond acceptors (Lipinski definition) is 12. The Morgan fingerprint density at radius 2 is 1.12 bits per heavy atom. The minimum atomic E-state index is -4.49. The first kappa shape index (κ1) is 35.6. The summed E-state index contributed by atoms with van der Waals surface area (Å²) in [4.78, 5) is 22.2. The maximum atomic E-state index is 12.1. The first-order valence-corrected chi connectivity index (χ1v) is 12.6. The number of rotatable bonds is 8. The Hall–Kier alpha value is -3.61. The van der Waals surface area contributed by atoms with Crippen LogP contribution < -0.4 is 15.4 Å². The van der Waals surface area contributed by atoms with E-state index in [4.69, 9.17) is 48.7 Å². The molecule has 0 bridgehead atoms. The van der Waals surface area contributed by atoms with Gasteiger partial charge in [-0.3, -0.25) is 0 Å². The number of furan rings is 2. The van der Waals surface area contributed by atoms with Crippen LogP contribution in [0.15, 0.2) is 33.1 Å². The van der Waals surface area contributed by atoms with Crippen LogP contribution in [0.2, 0.25) is 15.9 Å². The molecule has 0 spiro atoms. The van der Waals surface area contributed by atoms with Crippen LogP contribution in [0.4, 0.5) is 38.2 Å². The van der Waals surface area contributed by atoms with Crippen molar-refractivity contribution in [1.82, 2.24) is 29.9 Å². The fourth-order valence-electron chi connectivity index (χ4n) is 2.52. The number of aliphatic hydroxyl groups is 1. The minimum Gasteiger partial charge on any atom is -0.465 e. The number of nitrogens with one attached hydrogen (secondary N) is 2. The molecule has 0 aromatic carbocycles. The van der Waals surface area contributed by atoms with Gasteiger partial charge in [-0.1, -0.05) is 0 Å². The third kappa shape index (κ3) is 15.4. The molecule has 43 heavy (non-hydrogen) atoms. The van der Waals surface area contributed by atoms with Crippen LogP contribution in [0.3, 0.4) is 0 Å². The van der Waals surface area contributed by atoms with E-state index < -0.39 is 31.6 Å². The van der Waals surface area contributed by atoms with Gasteiger partial charge in [0.2, 0.25) is 27.7 Å². The van der Waals surface area contributed by atoms with Gasteiger partial charge in [0.05, 0.1) is 13.1 Å². The molecule has 0 atom stereocenters. The van der Waals surface area contributed by atoms with Gasteiger partial charge in [0.15, 0.2) is 6.61 Å². The van der Waals surface area contributed by atoms with Crippen LogP contribution in [-0.4, -0.2) is 60.6 Å². The van der Waals surface area contributed by atoms with Crippen LogP contribution in [0, 0.1) is 13.8 Å². The van der Waals surface area contributed by atoms with Crippen LogP contribution in [0.5, 0.6) is 6.01 Å². The first-order valence-electron chi connectivity index (χ1n) is 11.5. The summed E-state index contributed by atoms with van der Waals surface area (Å²) in [5.41, 5.74) is 0. The molecule has 0 aliphatic rings. The van der Waals surface area contributed by atoms with Crippen molar-refractivity contribution in [2.45, 2.75) is 39.3 Å². The lowest BCUT2D eigenvalue weighted by molar-refractivity contribution is -0.159. The van der Waals surface area contributed by atoms with E-state index in [-0.39, 0.29) is 28.3 Å². The average molecular weight is 682 g/mol. The molecule has 0 saturated heterocycles. The maximum absolute atomic E-state index is 12.1. The highest BCUT2D eigenvalue weighted by Gasteiger charge is 2.29. The van der Waals surface area contributed by atoms with Crippen molar-refractivity contribution >= 4 is 46.7 Å². The van der Waals surface area contributed by atoms with E-state index in [2.05, 4.69) is 45.3 Å². The van der Waals surface area contributed by atoms with Gasteiger partial charge in [-0.25, -0.2) is 0 Å². The molecule has 4 aromatic heterocycles. The quantitative estimate of drug-likeness (QED) is 0.181. The lowest BCUT2D eigenvalue weighted by atomic mass is 10.4. The molecule has 4 rings (SSSR count). The number of aromatic nitrogens is 6. The van der Waals surface area contributed by atoms with Gasteiger partial charge < -0.3 is 29.3 Å². The smallest absolute Gasteiger partial charge is 0.422 e. The molecule has 0 radical (unpaired) electrons. The largest absolute Gasteiger partial charge is 0.465 e. The molecule has 4 aromatic rings. The highest BCUT2D eigenvalue weighted by Crippen LogP contribution is 2.18. The SMILES string of the molecule is Cc1ccc(CNc2nc(Cl)nc(Cl)n2)o1.Cc1ccc(CNc2nc(Cl)nc(OCC(F)(F)F)n2)o1.OCC(F)(F)F. The molecule has 0 saturated carbocycles. The number of alkyl halides is 6. The standard InChI is InChI=1S/C11H10ClF3N4O2.C9H8Cl2N4O.C2H3F3O/c1-6-2-3-7(21-6)4-16-9-17-8(12)18-10(19-9)20-5-11(13,14)15;1-5-2-3-6(16-5)4-12-9-14-7(10)13-8(11)15-9;3-2(4,5)1-6/h2-3H,4-5H2,1H3,(H,16,17,18,19);2-3H,4H2,1H3,(H,12,13,14,15);6H,1H2. The number of hydrogen-bond donors (Lipinski definition) is 3. The molecule has 0 unspecified atom stereocenters. The Morgan fingerprint density at radius 3 is 1.49 bits per heavy atom. The second-order valence-electron chi connectivity index (χ2n) is 7.82. The predicted molar refractivity (Wildman–Crippen MR) is 141 cm³/mol. The van der Waals surface area contributed by atoms with Gasteiger partial charge in [-0.05, 0) is 72.9 Å². The molecule has 4 heterocycles. The number of aryl methyl sites for hydroxylation is 2. The lowest BCUT2D eigenvalue weighted by Gasteiger charge is -2.09. The number of aliphatic hydroxyl groups excluding tert-OH is 1. The van der Waals surface area contributed by atoms with Gasteiger partial charge in [-0.2, -0.15) is 56.2 Å². The van der Waals surface area contributed by atoms with E-state index in [1.165, 1.54) is 0 Å². The Bertz CT molecular complexity index is 1420. The molecule has 3 N–H and O–H groups in total. The Kier molecular flexibility index (Phi) is 13.5. The zero-order valence-electron chi connectivity index (χ0n) is 21.9. The topological polar surface area (TPSA) is 157 Å². The van der Waals surface area contributed by atoms with Gasteiger partial charge in [0, 0.05) is 0 Å². The zero-order valence-corrected chi connectivity index (χ0v) is 24.2. The number of anilines is 2. The highest BCUT2D eigenvalue weighted by atomic mass is 35.5. The number of ether oxygens (including phenoxy) is 1. The maximum Gasteiger partial charge on any atom is 0.422 e. The van der Waals surface area contributed by atoms with Crippen LogP contribution >= 0.6 is 34.8 Å². The van der Waals surface area contributed by atoms with Gasteiger partial charge in [0.1, 0.15) is 29.6 Å². The summed E-state index contributed by atoms with van der Waals surface area (Å²) in [5, 5.41) is 12.8. The molecular weight excluding hydrogens is 661 g/mol. The van der Waals surface area contributed by atoms with E-state index in [1.807, 2.05) is 19.1 Å². The van der Waals surface area contributed by atoms with Gasteiger partial charge >= 0.3 is 18.4 Å². The Labute approximate surface area is 253 Å². The van der Waals surface area contributed by atoms with Crippen molar-refractivity contribution in [3.8, 4) is 6.01 Å². The molecule has 0 aliphatic carbocycles. The summed E-state index contributed by atoms with van der Waals surface area (Å²) in [6, 6.07) is 6.75.